The summed E-state index contributed by atoms with van der Waals surface area (Å²) in [6, 6.07) is 11.7. The summed E-state index contributed by atoms with van der Waals surface area (Å²) in [5.74, 6) is 0.0593. The first-order chi connectivity index (χ1) is 14.1. The first kappa shape index (κ1) is 20.9. The average Bonchev–Trinajstić information content (AvgIpc) is 2.75. The summed E-state index contributed by atoms with van der Waals surface area (Å²) in [5, 5.41) is 4.35. The Bertz CT molecular complexity index is 907. The lowest BCUT2D eigenvalue weighted by molar-refractivity contribution is -0.125. The van der Waals surface area contributed by atoms with Crippen molar-refractivity contribution in [3.8, 4) is 11.5 Å². The van der Waals surface area contributed by atoms with E-state index in [4.69, 9.17) is 21.1 Å². The monoisotopic (exact) mass is 414 g/mol. The van der Waals surface area contributed by atoms with E-state index in [0.717, 1.165) is 25.7 Å². The average molecular weight is 415 g/mol. The van der Waals surface area contributed by atoms with E-state index >= 15 is 0 Å². The maximum absolute atomic E-state index is 12.3. The molecule has 1 amide bonds. The number of benzene rings is 2. The Morgan fingerprint density at radius 2 is 1.86 bits per heavy atom. The van der Waals surface area contributed by atoms with Crippen molar-refractivity contribution in [3.05, 3.63) is 58.6 Å². The van der Waals surface area contributed by atoms with E-state index < -0.39 is 5.97 Å². The second-order valence-electron chi connectivity index (χ2n) is 6.85. The molecule has 0 atom stereocenters. The number of halogens is 1. The zero-order valence-corrected chi connectivity index (χ0v) is 16.9. The van der Waals surface area contributed by atoms with Gasteiger partial charge in [0.15, 0.2) is 11.5 Å². The molecular weight excluding hydrogens is 392 g/mol. The van der Waals surface area contributed by atoms with Crippen molar-refractivity contribution < 1.29 is 19.1 Å². The van der Waals surface area contributed by atoms with E-state index in [1.54, 1.807) is 42.5 Å². The van der Waals surface area contributed by atoms with Gasteiger partial charge in [0.05, 0.1) is 23.9 Å². The highest BCUT2D eigenvalue weighted by Crippen LogP contribution is 2.29. The Morgan fingerprint density at radius 1 is 1.10 bits per heavy atom. The summed E-state index contributed by atoms with van der Waals surface area (Å²) in [7, 11) is 1.48. The lowest BCUT2D eigenvalue weighted by atomic mass is 9.89. The molecule has 1 aliphatic carbocycles. The number of nitrogens with zero attached hydrogens (tertiary/aromatic N) is 1. The van der Waals surface area contributed by atoms with E-state index in [2.05, 4.69) is 10.5 Å². The molecule has 1 fully saturated rings. The van der Waals surface area contributed by atoms with Crippen molar-refractivity contribution in [2.24, 2.45) is 11.0 Å². The molecule has 2 aromatic rings. The molecule has 0 aromatic heterocycles. The zero-order chi connectivity index (χ0) is 20.6. The van der Waals surface area contributed by atoms with Gasteiger partial charge in [-0.2, -0.15) is 5.10 Å². The van der Waals surface area contributed by atoms with Gasteiger partial charge in [-0.1, -0.05) is 43.0 Å². The summed E-state index contributed by atoms with van der Waals surface area (Å²) in [6.45, 7) is 0. The van der Waals surface area contributed by atoms with Gasteiger partial charge in [0, 0.05) is 5.92 Å². The third-order valence-corrected chi connectivity index (χ3v) is 5.18. The van der Waals surface area contributed by atoms with Gasteiger partial charge in [-0.05, 0) is 48.7 Å². The summed E-state index contributed by atoms with van der Waals surface area (Å²) >= 11 is 6.04. The minimum absolute atomic E-state index is 0.0433. The molecule has 0 heterocycles. The van der Waals surface area contributed by atoms with Crippen LogP contribution in [0.1, 0.15) is 48.0 Å². The number of hydrogen-bond acceptors (Lipinski definition) is 5. The third kappa shape index (κ3) is 5.57. The molecule has 7 heteroatoms. The van der Waals surface area contributed by atoms with Crippen LogP contribution >= 0.6 is 11.6 Å². The largest absolute Gasteiger partial charge is 0.493 e. The van der Waals surface area contributed by atoms with Crippen LogP contribution in [-0.2, 0) is 4.79 Å². The lowest BCUT2D eigenvalue weighted by Crippen LogP contribution is -2.28. The van der Waals surface area contributed by atoms with Crippen molar-refractivity contribution in [1.29, 1.82) is 0 Å². The Hall–Kier alpha value is -2.86. The predicted octanol–water partition coefficient (Wildman–Crippen LogP) is 4.60. The second kappa shape index (κ2) is 10.1. The van der Waals surface area contributed by atoms with Crippen LogP contribution in [0.5, 0.6) is 11.5 Å². The van der Waals surface area contributed by atoms with Gasteiger partial charge in [0.2, 0.25) is 5.91 Å². The van der Waals surface area contributed by atoms with Crippen LogP contribution in [0.15, 0.2) is 47.6 Å². The molecule has 152 valence electrons. The highest BCUT2D eigenvalue weighted by molar-refractivity contribution is 6.33. The Kier molecular flexibility index (Phi) is 7.25. The van der Waals surface area contributed by atoms with Crippen LogP contribution in [-0.4, -0.2) is 25.2 Å². The second-order valence-corrected chi connectivity index (χ2v) is 7.26. The highest BCUT2D eigenvalue weighted by atomic mass is 35.5. The number of carbonyl (C=O) groups is 2. The summed E-state index contributed by atoms with van der Waals surface area (Å²) in [6.07, 6.45) is 6.74. The van der Waals surface area contributed by atoms with E-state index in [1.807, 2.05) is 0 Å². The van der Waals surface area contributed by atoms with Crippen LogP contribution in [0, 0.1) is 5.92 Å². The van der Waals surface area contributed by atoms with Crippen molar-refractivity contribution in [1.82, 2.24) is 5.43 Å². The number of ether oxygens (including phenoxy) is 2. The summed E-state index contributed by atoms with van der Waals surface area (Å²) < 4.78 is 10.7. The zero-order valence-electron chi connectivity index (χ0n) is 16.2. The maximum atomic E-state index is 12.3. The molecule has 0 spiro atoms. The predicted molar refractivity (Wildman–Crippen MR) is 112 cm³/mol. The number of amides is 1. The van der Waals surface area contributed by atoms with Crippen LogP contribution < -0.4 is 14.9 Å². The minimum Gasteiger partial charge on any atom is -0.493 e. The standard InChI is InChI=1S/C22H23ClN2O4/c1-28-20-13-15(14-24-25-21(26)16-7-3-2-4-8-16)11-12-19(20)29-22(27)17-9-5-6-10-18(17)23/h5-6,9-14,16H,2-4,7-8H2,1H3,(H,25,26). The Morgan fingerprint density at radius 3 is 2.59 bits per heavy atom. The van der Waals surface area contributed by atoms with Crippen molar-refractivity contribution in [3.63, 3.8) is 0 Å². The lowest BCUT2D eigenvalue weighted by Gasteiger charge is -2.19. The van der Waals surface area contributed by atoms with Crippen LogP contribution in [0.25, 0.3) is 0 Å². The van der Waals surface area contributed by atoms with E-state index in [9.17, 15) is 9.59 Å². The number of hydrazone groups is 1. The van der Waals surface area contributed by atoms with Gasteiger partial charge >= 0.3 is 5.97 Å². The molecule has 1 aliphatic rings. The number of carbonyl (C=O) groups excluding carboxylic acids is 2. The molecular formula is C22H23ClN2O4. The van der Waals surface area contributed by atoms with Crippen molar-refractivity contribution in [2.45, 2.75) is 32.1 Å². The Labute approximate surface area is 174 Å². The Balaban J connectivity index is 1.64. The minimum atomic E-state index is -0.574. The van der Waals surface area contributed by atoms with Crippen LogP contribution in [0.3, 0.4) is 0 Å². The molecule has 0 saturated heterocycles. The molecule has 0 aliphatic heterocycles. The van der Waals surface area contributed by atoms with Gasteiger partial charge < -0.3 is 9.47 Å². The molecule has 29 heavy (non-hydrogen) atoms. The molecule has 1 saturated carbocycles. The fourth-order valence-corrected chi connectivity index (χ4v) is 3.47. The van der Waals surface area contributed by atoms with Gasteiger partial charge in [-0.3, -0.25) is 4.79 Å². The molecule has 0 bridgehead atoms. The van der Waals surface area contributed by atoms with Crippen molar-refractivity contribution in [2.75, 3.05) is 7.11 Å². The fourth-order valence-electron chi connectivity index (χ4n) is 3.26. The molecule has 0 radical (unpaired) electrons. The number of esters is 1. The van der Waals surface area contributed by atoms with Crippen LogP contribution in [0.4, 0.5) is 0 Å². The van der Waals surface area contributed by atoms with E-state index in [1.165, 1.54) is 19.7 Å². The highest BCUT2D eigenvalue weighted by Gasteiger charge is 2.20. The first-order valence-corrected chi connectivity index (χ1v) is 9.94. The fraction of sp³-hybridized carbons (Fsp3) is 0.318. The van der Waals surface area contributed by atoms with E-state index in [0.29, 0.717) is 16.3 Å². The summed E-state index contributed by atoms with van der Waals surface area (Å²) in [5.41, 5.74) is 3.57. The molecule has 3 rings (SSSR count). The number of methoxy groups -OCH3 is 1. The molecule has 6 nitrogen and oxygen atoms in total. The van der Waals surface area contributed by atoms with Gasteiger partial charge in [-0.25, -0.2) is 10.2 Å². The summed E-state index contributed by atoms with van der Waals surface area (Å²) in [4.78, 5) is 24.5. The molecule has 2 aromatic carbocycles. The molecule has 0 unspecified atom stereocenters. The van der Waals surface area contributed by atoms with Gasteiger partial charge in [0.25, 0.3) is 0 Å². The van der Waals surface area contributed by atoms with E-state index in [-0.39, 0.29) is 23.1 Å². The number of rotatable bonds is 6. The first-order valence-electron chi connectivity index (χ1n) is 9.56. The van der Waals surface area contributed by atoms with Gasteiger partial charge in [-0.15, -0.1) is 0 Å². The van der Waals surface area contributed by atoms with Gasteiger partial charge in [0.1, 0.15) is 0 Å². The number of nitrogens with one attached hydrogen (secondary N) is 1. The third-order valence-electron chi connectivity index (χ3n) is 4.85. The smallest absolute Gasteiger partial charge is 0.345 e. The SMILES string of the molecule is COc1cc(C=NNC(=O)C2CCCCC2)ccc1OC(=O)c1ccccc1Cl. The number of hydrogen-bond donors (Lipinski definition) is 1. The van der Waals surface area contributed by atoms with Crippen LogP contribution in [0.2, 0.25) is 5.02 Å². The molecule has 1 N–H and O–H groups in total. The quantitative estimate of drug-likeness (QED) is 0.324. The maximum Gasteiger partial charge on any atom is 0.345 e. The van der Waals surface area contributed by atoms with Crippen molar-refractivity contribution >= 4 is 29.7 Å². The normalized spacial score (nSPS) is 14.6. The topological polar surface area (TPSA) is 77.0 Å².